The molecule has 0 spiro atoms. The second kappa shape index (κ2) is 6.26. The minimum atomic E-state index is -1.22. The van der Waals surface area contributed by atoms with Gasteiger partial charge in [-0.2, -0.15) is 0 Å². The van der Waals surface area contributed by atoms with Crippen molar-refractivity contribution in [1.29, 1.82) is 0 Å². The van der Waals surface area contributed by atoms with E-state index in [0.717, 1.165) is 0 Å². The van der Waals surface area contributed by atoms with Crippen molar-refractivity contribution < 1.29 is 19.6 Å². The highest BCUT2D eigenvalue weighted by Crippen LogP contribution is 2.31. The molecule has 0 radical (unpaired) electrons. The quantitative estimate of drug-likeness (QED) is 0.625. The Kier molecular flexibility index (Phi) is 5.89. The largest absolute Gasteiger partial charge is 0.299 e. The third-order valence-electron chi connectivity index (χ3n) is 3.57. The van der Waals surface area contributed by atoms with Crippen molar-refractivity contribution in [2.24, 2.45) is 10.8 Å². The molecule has 0 fully saturated rings. The smallest absolute Gasteiger partial charge is 0.243 e. The van der Waals surface area contributed by atoms with Gasteiger partial charge < -0.3 is 0 Å². The van der Waals surface area contributed by atoms with Gasteiger partial charge in [-0.3, -0.25) is 19.6 Å². The molecule has 0 aromatic rings. The Bertz CT molecular complexity index is 399. The van der Waals surface area contributed by atoms with Crippen molar-refractivity contribution in [2.75, 3.05) is 0 Å². The van der Waals surface area contributed by atoms with Gasteiger partial charge in [-0.05, 0) is 6.92 Å². The molecule has 1 amide bonds. The number of rotatable bonds is 5. The van der Waals surface area contributed by atoms with Crippen LogP contribution in [0.1, 0.15) is 68.2 Å². The molecule has 0 saturated carbocycles. The van der Waals surface area contributed by atoms with Gasteiger partial charge in [0.1, 0.15) is 11.6 Å². The van der Waals surface area contributed by atoms with Gasteiger partial charge in [-0.25, -0.2) is 5.06 Å². The van der Waals surface area contributed by atoms with Crippen LogP contribution >= 0.6 is 0 Å². The lowest BCUT2D eigenvalue weighted by atomic mass is 9.76. The standard InChI is InChI=1S/C16H29NO4/c1-11(18)17(21)16(8,9-12(19)14(2,3)4)10-13(20)15(5,6)7/h21H,9-10H2,1-8H3. The van der Waals surface area contributed by atoms with Gasteiger partial charge in [0, 0.05) is 30.6 Å². The molecule has 122 valence electrons. The number of ketones is 2. The van der Waals surface area contributed by atoms with Crippen LogP contribution in [0, 0.1) is 10.8 Å². The van der Waals surface area contributed by atoms with Crippen LogP contribution in [0.25, 0.3) is 0 Å². The molecule has 21 heavy (non-hydrogen) atoms. The highest BCUT2D eigenvalue weighted by atomic mass is 16.5. The number of carbonyl (C=O) groups excluding carboxylic acids is 3. The molecule has 0 rings (SSSR count). The maximum absolute atomic E-state index is 12.3. The zero-order chi connectivity index (χ0) is 17.2. The highest BCUT2D eigenvalue weighted by Gasteiger charge is 2.42. The van der Waals surface area contributed by atoms with E-state index < -0.39 is 22.3 Å². The molecule has 1 N–H and O–H groups in total. The van der Waals surface area contributed by atoms with Crippen LogP contribution < -0.4 is 0 Å². The van der Waals surface area contributed by atoms with Gasteiger partial charge >= 0.3 is 0 Å². The topological polar surface area (TPSA) is 74.7 Å². The van der Waals surface area contributed by atoms with Crippen LogP contribution in [0.2, 0.25) is 0 Å². The molecule has 0 aromatic carbocycles. The Labute approximate surface area is 127 Å². The number of Topliss-reactive ketones (excluding diaryl/α,β-unsaturated/α-hetero) is 2. The molecule has 0 aliphatic carbocycles. The number of hydrogen-bond donors (Lipinski definition) is 1. The van der Waals surface area contributed by atoms with Crippen LogP contribution in [0.3, 0.4) is 0 Å². The molecule has 0 saturated heterocycles. The van der Waals surface area contributed by atoms with Crippen molar-refractivity contribution in [2.45, 2.75) is 73.8 Å². The lowest BCUT2D eigenvalue weighted by molar-refractivity contribution is -0.193. The lowest BCUT2D eigenvalue weighted by Gasteiger charge is -2.38. The van der Waals surface area contributed by atoms with E-state index in [4.69, 9.17) is 0 Å². The van der Waals surface area contributed by atoms with E-state index in [9.17, 15) is 19.6 Å². The molecule has 0 bridgehead atoms. The molecule has 5 nitrogen and oxygen atoms in total. The second-order valence-corrected chi connectivity index (χ2v) is 8.03. The zero-order valence-electron chi connectivity index (χ0n) is 14.5. The fourth-order valence-corrected chi connectivity index (χ4v) is 1.81. The van der Waals surface area contributed by atoms with Crippen LogP contribution in [0.15, 0.2) is 0 Å². The van der Waals surface area contributed by atoms with Gasteiger partial charge in [-0.15, -0.1) is 0 Å². The van der Waals surface area contributed by atoms with Crippen LogP contribution in [0.5, 0.6) is 0 Å². The van der Waals surface area contributed by atoms with Gasteiger partial charge in [0.05, 0.1) is 5.54 Å². The zero-order valence-corrected chi connectivity index (χ0v) is 14.5. The van der Waals surface area contributed by atoms with Gasteiger partial charge in [-0.1, -0.05) is 41.5 Å². The highest BCUT2D eigenvalue weighted by molar-refractivity contribution is 5.89. The van der Waals surface area contributed by atoms with Crippen LogP contribution in [0.4, 0.5) is 0 Å². The van der Waals surface area contributed by atoms with E-state index in [1.165, 1.54) is 6.92 Å². The second-order valence-electron chi connectivity index (χ2n) is 8.03. The maximum atomic E-state index is 12.3. The Balaban J connectivity index is 5.45. The third-order valence-corrected chi connectivity index (χ3v) is 3.57. The summed E-state index contributed by atoms with van der Waals surface area (Å²) in [4.78, 5) is 36.1. The molecule has 0 aromatic heterocycles. The average Bonchev–Trinajstić information content (AvgIpc) is 2.24. The summed E-state index contributed by atoms with van der Waals surface area (Å²) in [5, 5.41) is 10.6. The molecule has 0 atom stereocenters. The SMILES string of the molecule is CC(=O)N(O)C(C)(CC(=O)C(C)(C)C)CC(=O)C(C)(C)C. The first kappa shape index (κ1) is 19.8. The Morgan fingerprint density at radius 3 is 1.29 bits per heavy atom. The molecular weight excluding hydrogens is 270 g/mol. The van der Waals surface area contributed by atoms with Gasteiger partial charge in [0.15, 0.2) is 0 Å². The van der Waals surface area contributed by atoms with E-state index >= 15 is 0 Å². The number of hydroxylamine groups is 2. The number of hydrogen-bond acceptors (Lipinski definition) is 4. The number of nitrogens with zero attached hydrogens (tertiary/aromatic N) is 1. The summed E-state index contributed by atoms with van der Waals surface area (Å²) in [6.45, 7) is 13.4. The van der Waals surface area contributed by atoms with E-state index in [1.54, 1.807) is 48.5 Å². The predicted octanol–water partition coefficient (Wildman–Crippen LogP) is 2.99. The number of carbonyl (C=O) groups is 3. The van der Waals surface area contributed by atoms with Crippen LogP contribution in [-0.2, 0) is 14.4 Å². The summed E-state index contributed by atoms with van der Waals surface area (Å²) in [6.07, 6.45) is -0.122. The van der Waals surface area contributed by atoms with Crippen molar-refractivity contribution >= 4 is 17.5 Å². The molecule has 0 aliphatic rings. The summed E-state index contributed by atoms with van der Waals surface area (Å²) >= 11 is 0. The van der Waals surface area contributed by atoms with Crippen molar-refractivity contribution in [3.63, 3.8) is 0 Å². The summed E-state index contributed by atoms with van der Waals surface area (Å²) in [7, 11) is 0. The summed E-state index contributed by atoms with van der Waals surface area (Å²) in [5.74, 6) is -0.792. The van der Waals surface area contributed by atoms with E-state index in [-0.39, 0.29) is 24.4 Å². The van der Waals surface area contributed by atoms with Crippen LogP contribution in [-0.4, -0.2) is 33.3 Å². The minimum absolute atomic E-state index is 0.0611. The molecule has 0 heterocycles. The Morgan fingerprint density at radius 2 is 1.10 bits per heavy atom. The van der Waals surface area contributed by atoms with E-state index in [1.807, 2.05) is 0 Å². The summed E-state index contributed by atoms with van der Waals surface area (Å²) in [5.41, 5.74) is -2.41. The maximum Gasteiger partial charge on any atom is 0.243 e. The van der Waals surface area contributed by atoms with E-state index in [2.05, 4.69) is 0 Å². The first-order valence-electron chi connectivity index (χ1n) is 7.17. The average molecular weight is 299 g/mol. The number of amides is 1. The van der Waals surface area contributed by atoms with E-state index in [0.29, 0.717) is 5.06 Å². The van der Waals surface area contributed by atoms with Crippen molar-refractivity contribution in [1.82, 2.24) is 5.06 Å². The minimum Gasteiger partial charge on any atom is -0.299 e. The lowest BCUT2D eigenvalue weighted by Crippen LogP contribution is -2.51. The Hall–Kier alpha value is -1.23. The molecular formula is C16H29NO4. The van der Waals surface area contributed by atoms with Crippen molar-refractivity contribution in [3.05, 3.63) is 0 Å². The fourth-order valence-electron chi connectivity index (χ4n) is 1.81. The Morgan fingerprint density at radius 1 is 0.810 bits per heavy atom. The monoisotopic (exact) mass is 299 g/mol. The molecule has 0 aliphatic heterocycles. The predicted molar refractivity (Wildman–Crippen MR) is 80.9 cm³/mol. The first-order valence-corrected chi connectivity index (χ1v) is 7.17. The summed E-state index contributed by atoms with van der Waals surface area (Å²) < 4.78 is 0. The van der Waals surface area contributed by atoms with Gasteiger partial charge in [0.25, 0.3) is 0 Å². The molecule has 0 unspecified atom stereocenters. The molecule has 5 heteroatoms. The third kappa shape index (κ3) is 5.58. The van der Waals surface area contributed by atoms with Crippen molar-refractivity contribution in [3.8, 4) is 0 Å². The van der Waals surface area contributed by atoms with Gasteiger partial charge in [0.2, 0.25) is 5.91 Å². The summed E-state index contributed by atoms with van der Waals surface area (Å²) in [6, 6.07) is 0. The first-order chi connectivity index (χ1) is 9.11. The fraction of sp³-hybridized carbons (Fsp3) is 0.812. The normalized spacial score (nSPS) is 13.0.